The molecule has 0 saturated carbocycles. The number of benzene rings is 1. The third kappa shape index (κ3) is 4.00. The second-order valence-electron chi connectivity index (χ2n) is 3.87. The van der Waals surface area contributed by atoms with Crippen LogP contribution in [-0.4, -0.2) is 52.3 Å². The Hall–Kier alpha value is -1.97. The number of ether oxygens (including phenoxy) is 2. The van der Waals surface area contributed by atoms with Gasteiger partial charge in [-0.25, -0.2) is 13.2 Å². The van der Waals surface area contributed by atoms with Crippen LogP contribution in [0.25, 0.3) is 0 Å². The summed E-state index contributed by atoms with van der Waals surface area (Å²) in [5.41, 5.74) is -0.186. The van der Waals surface area contributed by atoms with Crippen molar-refractivity contribution in [3.8, 4) is 0 Å². The van der Waals surface area contributed by atoms with Crippen LogP contribution in [0.4, 0.5) is 0 Å². The maximum atomic E-state index is 12.2. The Morgan fingerprint density at radius 1 is 1.24 bits per heavy atom. The highest BCUT2D eigenvalue weighted by molar-refractivity contribution is 7.89. The van der Waals surface area contributed by atoms with E-state index in [1.165, 1.54) is 24.3 Å². The summed E-state index contributed by atoms with van der Waals surface area (Å²) in [6.45, 7) is -0.785. The second kappa shape index (κ2) is 7.16. The maximum absolute atomic E-state index is 12.2. The summed E-state index contributed by atoms with van der Waals surface area (Å²) < 4.78 is 35.3. The van der Waals surface area contributed by atoms with E-state index in [4.69, 9.17) is 5.11 Å². The number of hydrogen-bond acceptors (Lipinski definition) is 7. The van der Waals surface area contributed by atoms with E-state index in [9.17, 15) is 18.0 Å². The molecule has 0 amide bonds. The van der Waals surface area contributed by atoms with E-state index in [0.717, 1.165) is 14.2 Å². The summed E-state index contributed by atoms with van der Waals surface area (Å²) in [6, 6.07) is 3.86. The summed E-state index contributed by atoms with van der Waals surface area (Å²) in [5, 5.41) is 9.04. The van der Waals surface area contributed by atoms with Gasteiger partial charge >= 0.3 is 11.9 Å². The minimum Gasteiger partial charge on any atom is -0.468 e. The van der Waals surface area contributed by atoms with Crippen molar-refractivity contribution in [2.24, 2.45) is 0 Å². The number of hydrogen-bond donors (Lipinski definition) is 2. The van der Waals surface area contributed by atoms with E-state index in [1.54, 1.807) is 0 Å². The minimum absolute atomic E-state index is 0.186. The van der Waals surface area contributed by atoms with Gasteiger partial charge in [-0.05, 0) is 12.1 Å². The van der Waals surface area contributed by atoms with E-state index in [1.807, 2.05) is 4.72 Å². The molecule has 2 N–H and O–H groups in total. The van der Waals surface area contributed by atoms with E-state index >= 15 is 0 Å². The Morgan fingerprint density at radius 3 is 2.38 bits per heavy atom. The van der Waals surface area contributed by atoms with E-state index < -0.39 is 34.6 Å². The van der Waals surface area contributed by atoms with Gasteiger partial charge in [0, 0.05) is 0 Å². The summed E-state index contributed by atoms with van der Waals surface area (Å²) in [7, 11) is -2.05. The van der Waals surface area contributed by atoms with Gasteiger partial charge in [-0.3, -0.25) is 4.79 Å². The Balaban J connectivity index is 3.20. The number of esters is 2. The van der Waals surface area contributed by atoms with E-state index in [0.29, 0.717) is 0 Å². The predicted octanol–water partition coefficient (Wildman–Crippen LogP) is -0.715. The molecule has 0 aliphatic carbocycles. The predicted molar refractivity (Wildman–Crippen MR) is 71.0 cm³/mol. The van der Waals surface area contributed by atoms with E-state index in [2.05, 4.69) is 9.47 Å². The van der Waals surface area contributed by atoms with Crippen LogP contribution in [0.3, 0.4) is 0 Å². The van der Waals surface area contributed by atoms with Crippen LogP contribution in [0.15, 0.2) is 29.2 Å². The van der Waals surface area contributed by atoms with Gasteiger partial charge in [0.15, 0.2) is 0 Å². The molecule has 21 heavy (non-hydrogen) atoms. The second-order valence-corrected chi connectivity index (χ2v) is 5.55. The lowest BCUT2D eigenvalue weighted by Crippen LogP contribution is -2.44. The zero-order chi connectivity index (χ0) is 16.0. The Kier molecular flexibility index (Phi) is 5.82. The molecule has 0 aromatic heterocycles. The smallest absolute Gasteiger partial charge is 0.339 e. The first-order valence-corrected chi connectivity index (χ1v) is 7.24. The van der Waals surface area contributed by atoms with Crippen molar-refractivity contribution in [3.05, 3.63) is 29.8 Å². The first-order valence-electron chi connectivity index (χ1n) is 5.75. The zero-order valence-corrected chi connectivity index (χ0v) is 12.2. The molecule has 116 valence electrons. The van der Waals surface area contributed by atoms with Crippen LogP contribution in [-0.2, 0) is 24.3 Å². The molecular formula is C12H15NO7S. The highest BCUT2D eigenvalue weighted by Gasteiger charge is 2.29. The molecule has 9 heteroatoms. The third-order valence-corrected chi connectivity index (χ3v) is 4.08. The van der Waals surface area contributed by atoms with Gasteiger partial charge in [0.25, 0.3) is 0 Å². The van der Waals surface area contributed by atoms with Gasteiger partial charge in [-0.2, -0.15) is 4.72 Å². The Morgan fingerprint density at radius 2 is 1.86 bits per heavy atom. The molecule has 0 radical (unpaired) electrons. The number of nitrogens with one attached hydrogen (secondary N) is 1. The van der Waals surface area contributed by atoms with Gasteiger partial charge in [-0.1, -0.05) is 12.1 Å². The Labute approximate surface area is 121 Å². The van der Waals surface area contributed by atoms with Crippen molar-refractivity contribution in [1.82, 2.24) is 4.72 Å². The van der Waals surface area contributed by atoms with Gasteiger partial charge in [-0.15, -0.1) is 0 Å². The van der Waals surface area contributed by atoms with Crippen molar-refractivity contribution >= 4 is 22.0 Å². The Bertz CT molecular complexity index is 626. The molecule has 0 heterocycles. The summed E-state index contributed by atoms with van der Waals surface area (Å²) >= 11 is 0. The molecular weight excluding hydrogens is 302 g/mol. The average molecular weight is 317 g/mol. The highest BCUT2D eigenvalue weighted by atomic mass is 32.2. The quantitative estimate of drug-likeness (QED) is 0.665. The molecule has 0 spiro atoms. The van der Waals surface area contributed by atoms with Crippen molar-refractivity contribution < 1.29 is 32.6 Å². The number of aliphatic hydroxyl groups excluding tert-OH is 1. The molecule has 0 aliphatic rings. The summed E-state index contributed by atoms with van der Waals surface area (Å²) in [4.78, 5) is 22.5. The number of aliphatic hydroxyl groups is 1. The van der Waals surface area contributed by atoms with Crippen molar-refractivity contribution in [2.75, 3.05) is 20.8 Å². The fourth-order valence-corrected chi connectivity index (χ4v) is 2.90. The monoisotopic (exact) mass is 317 g/mol. The van der Waals surface area contributed by atoms with Crippen LogP contribution in [0.5, 0.6) is 0 Å². The van der Waals surface area contributed by atoms with Crippen LogP contribution < -0.4 is 4.72 Å². The van der Waals surface area contributed by atoms with Crippen LogP contribution in [0, 0.1) is 0 Å². The lowest BCUT2D eigenvalue weighted by molar-refractivity contribution is -0.143. The number of rotatable bonds is 6. The molecule has 1 atom stereocenters. The maximum Gasteiger partial charge on any atom is 0.339 e. The number of carbonyl (C=O) groups is 2. The molecule has 0 saturated heterocycles. The molecule has 1 unspecified atom stereocenters. The van der Waals surface area contributed by atoms with Crippen molar-refractivity contribution in [1.29, 1.82) is 0 Å². The lowest BCUT2D eigenvalue weighted by atomic mass is 10.2. The van der Waals surface area contributed by atoms with Gasteiger partial charge in [0.1, 0.15) is 6.04 Å². The van der Waals surface area contributed by atoms with Gasteiger partial charge < -0.3 is 14.6 Å². The normalized spacial score (nSPS) is 12.5. The number of sulfonamides is 1. The standard InChI is InChI=1S/C12H15NO7S/c1-19-11(15)8-5-3-4-6-10(8)21(17,18)13-9(7-14)12(16)20-2/h3-6,9,13-14H,7H2,1-2H3. The van der Waals surface area contributed by atoms with Gasteiger partial charge in [0.2, 0.25) is 10.0 Å². The van der Waals surface area contributed by atoms with Crippen LogP contribution in [0.1, 0.15) is 10.4 Å². The molecule has 1 aromatic carbocycles. The summed E-state index contributed by atoms with van der Waals surface area (Å²) in [6.07, 6.45) is 0. The molecule has 0 aliphatic heterocycles. The zero-order valence-electron chi connectivity index (χ0n) is 11.4. The molecule has 0 fully saturated rings. The highest BCUT2D eigenvalue weighted by Crippen LogP contribution is 2.16. The first kappa shape index (κ1) is 17.1. The SMILES string of the molecule is COC(=O)c1ccccc1S(=O)(=O)NC(CO)C(=O)OC. The number of carbonyl (C=O) groups excluding carboxylic acids is 2. The molecule has 8 nitrogen and oxygen atoms in total. The topological polar surface area (TPSA) is 119 Å². The minimum atomic E-state index is -4.22. The number of methoxy groups -OCH3 is 2. The average Bonchev–Trinajstić information content (AvgIpc) is 2.51. The molecule has 0 bridgehead atoms. The lowest BCUT2D eigenvalue weighted by Gasteiger charge is -2.15. The summed E-state index contributed by atoms with van der Waals surface area (Å²) in [5.74, 6) is -1.79. The van der Waals surface area contributed by atoms with E-state index in [-0.39, 0.29) is 10.5 Å². The first-order chi connectivity index (χ1) is 9.87. The fourth-order valence-electron chi connectivity index (χ4n) is 1.53. The van der Waals surface area contributed by atoms with Crippen molar-refractivity contribution in [2.45, 2.75) is 10.9 Å². The van der Waals surface area contributed by atoms with Crippen LogP contribution in [0.2, 0.25) is 0 Å². The van der Waals surface area contributed by atoms with Crippen LogP contribution >= 0.6 is 0 Å². The van der Waals surface area contributed by atoms with Gasteiger partial charge in [0.05, 0.1) is 31.3 Å². The third-order valence-electron chi connectivity index (χ3n) is 2.55. The molecule has 1 aromatic rings. The fraction of sp³-hybridized carbons (Fsp3) is 0.333. The largest absolute Gasteiger partial charge is 0.468 e. The molecule has 1 rings (SSSR count). The van der Waals surface area contributed by atoms with Crippen molar-refractivity contribution in [3.63, 3.8) is 0 Å².